The van der Waals surface area contributed by atoms with Gasteiger partial charge in [-0.25, -0.2) is 4.68 Å². The van der Waals surface area contributed by atoms with E-state index in [0.29, 0.717) is 52.7 Å². The molecule has 0 spiro atoms. The highest BCUT2D eigenvalue weighted by molar-refractivity contribution is 6.02. The molecular weight excluding hydrogens is 526 g/mol. The fourth-order valence-electron chi connectivity index (χ4n) is 5.04. The van der Waals surface area contributed by atoms with Gasteiger partial charge in [0, 0.05) is 13.2 Å². The van der Waals surface area contributed by atoms with Crippen molar-refractivity contribution in [3.63, 3.8) is 0 Å². The lowest BCUT2D eigenvalue weighted by atomic mass is 10.0. The standard InChI is InChI=1S/C30H33N5O6/c1-38-25-13-7-6-12-24(25)35(28(36)19-34-23-11-5-4-10-22(23)32-33-34)29(30(37)31-18-21-9-8-16-41-21)20-14-15-26(39-2)27(17-20)40-3/h4-7,10-15,17,21,29H,8-9,16,18-19H2,1-3H3,(H,31,37). The van der Waals surface area contributed by atoms with Crippen molar-refractivity contribution in [3.8, 4) is 17.2 Å². The van der Waals surface area contributed by atoms with Gasteiger partial charge in [0.1, 0.15) is 23.9 Å². The number of hydrogen-bond donors (Lipinski definition) is 1. The van der Waals surface area contributed by atoms with Gasteiger partial charge in [-0.2, -0.15) is 0 Å². The highest BCUT2D eigenvalue weighted by atomic mass is 16.5. The summed E-state index contributed by atoms with van der Waals surface area (Å²) in [7, 11) is 4.58. The molecule has 0 aliphatic carbocycles. The minimum Gasteiger partial charge on any atom is -0.495 e. The first kappa shape index (κ1) is 27.9. The third-order valence-corrected chi connectivity index (χ3v) is 7.08. The van der Waals surface area contributed by atoms with Gasteiger partial charge in [-0.3, -0.25) is 14.5 Å². The van der Waals surface area contributed by atoms with Gasteiger partial charge in [0.2, 0.25) is 11.8 Å². The number of aromatic nitrogens is 3. The predicted molar refractivity (Wildman–Crippen MR) is 152 cm³/mol. The summed E-state index contributed by atoms with van der Waals surface area (Å²) in [5, 5.41) is 11.4. The summed E-state index contributed by atoms with van der Waals surface area (Å²) in [4.78, 5) is 29.8. The van der Waals surface area contributed by atoms with E-state index in [2.05, 4.69) is 15.6 Å². The maximum absolute atomic E-state index is 14.3. The van der Waals surface area contributed by atoms with Crippen molar-refractivity contribution in [1.29, 1.82) is 0 Å². The minimum absolute atomic E-state index is 0.0815. The maximum Gasteiger partial charge on any atom is 0.249 e. The summed E-state index contributed by atoms with van der Waals surface area (Å²) in [5.74, 6) is 0.588. The summed E-state index contributed by atoms with van der Waals surface area (Å²) in [6.07, 6.45) is 1.72. The number of rotatable bonds is 11. The highest BCUT2D eigenvalue weighted by Crippen LogP contribution is 2.38. The first-order valence-corrected chi connectivity index (χ1v) is 13.4. The Labute approximate surface area is 237 Å². The minimum atomic E-state index is -1.09. The Kier molecular flexibility index (Phi) is 8.64. The smallest absolute Gasteiger partial charge is 0.249 e. The Hall–Kier alpha value is -4.64. The third kappa shape index (κ3) is 5.94. The molecule has 2 atom stereocenters. The van der Waals surface area contributed by atoms with Crippen LogP contribution in [-0.2, 0) is 20.9 Å². The van der Waals surface area contributed by atoms with Crippen LogP contribution in [0.5, 0.6) is 17.2 Å². The van der Waals surface area contributed by atoms with Crippen LogP contribution in [0.15, 0.2) is 66.7 Å². The van der Waals surface area contributed by atoms with Crippen LogP contribution in [0, 0.1) is 0 Å². The molecule has 0 saturated carbocycles. The van der Waals surface area contributed by atoms with Crippen LogP contribution in [0.4, 0.5) is 5.69 Å². The second-order valence-electron chi connectivity index (χ2n) is 9.57. The van der Waals surface area contributed by atoms with Crippen LogP contribution in [0.3, 0.4) is 0 Å². The Balaban J connectivity index is 1.60. The van der Waals surface area contributed by atoms with Crippen molar-refractivity contribution >= 4 is 28.5 Å². The predicted octanol–water partition coefficient (Wildman–Crippen LogP) is 3.53. The fourth-order valence-corrected chi connectivity index (χ4v) is 5.04. The summed E-state index contributed by atoms with van der Waals surface area (Å²) in [6.45, 7) is 0.822. The number of fused-ring (bicyclic) bond motifs is 1. The number of benzene rings is 3. The van der Waals surface area contributed by atoms with Crippen molar-refractivity contribution in [1.82, 2.24) is 20.3 Å². The maximum atomic E-state index is 14.3. The second kappa shape index (κ2) is 12.7. The number of anilines is 1. The molecule has 5 rings (SSSR count). The number of nitrogens with one attached hydrogen (secondary N) is 1. The van der Waals surface area contributed by atoms with E-state index in [1.54, 1.807) is 42.5 Å². The molecule has 1 aromatic heterocycles. The molecule has 2 heterocycles. The zero-order valence-corrected chi connectivity index (χ0v) is 23.3. The monoisotopic (exact) mass is 559 g/mol. The molecule has 214 valence electrons. The van der Waals surface area contributed by atoms with Crippen molar-refractivity contribution in [2.75, 3.05) is 39.4 Å². The number of carbonyl (C=O) groups excluding carboxylic acids is 2. The molecule has 3 aromatic carbocycles. The number of amides is 2. The number of nitrogens with zero attached hydrogens (tertiary/aromatic N) is 4. The fraction of sp³-hybridized carbons (Fsp3) is 0.333. The van der Waals surface area contributed by atoms with Crippen molar-refractivity contribution < 1.29 is 28.5 Å². The third-order valence-electron chi connectivity index (χ3n) is 7.08. The average molecular weight is 560 g/mol. The van der Waals surface area contributed by atoms with Crippen LogP contribution in [-0.4, -0.2) is 67.4 Å². The number of ether oxygens (including phenoxy) is 4. The van der Waals surface area contributed by atoms with E-state index in [9.17, 15) is 9.59 Å². The van der Waals surface area contributed by atoms with Crippen LogP contribution in [0.25, 0.3) is 11.0 Å². The number of carbonyl (C=O) groups is 2. The normalized spacial score (nSPS) is 15.3. The lowest BCUT2D eigenvalue weighted by molar-refractivity contribution is -0.127. The van der Waals surface area contributed by atoms with Crippen LogP contribution < -0.4 is 24.4 Å². The Morgan fingerprint density at radius 1 is 1.00 bits per heavy atom. The molecule has 4 aromatic rings. The lowest BCUT2D eigenvalue weighted by Gasteiger charge is -2.33. The van der Waals surface area contributed by atoms with Gasteiger partial charge < -0.3 is 24.3 Å². The Morgan fingerprint density at radius 2 is 1.76 bits per heavy atom. The van der Waals surface area contributed by atoms with E-state index in [1.807, 2.05) is 24.3 Å². The van der Waals surface area contributed by atoms with Crippen molar-refractivity contribution in [3.05, 3.63) is 72.3 Å². The Morgan fingerprint density at radius 3 is 2.51 bits per heavy atom. The number of para-hydroxylation sites is 3. The van der Waals surface area contributed by atoms with Crippen LogP contribution in [0.1, 0.15) is 24.4 Å². The molecule has 2 unspecified atom stereocenters. The van der Waals surface area contributed by atoms with E-state index in [4.69, 9.17) is 18.9 Å². The number of methoxy groups -OCH3 is 3. The van der Waals surface area contributed by atoms with Crippen LogP contribution >= 0.6 is 0 Å². The zero-order chi connectivity index (χ0) is 28.8. The summed E-state index contributed by atoms with van der Waals surface area (Å²) in [6, 6.07) is 18.5. The van der Waals surface area contributed by atoms with E-state index >= 15 is 0 Å². The molecule has 11 heteroatoms. The molecule has 1 aliphatic rings. The quantitative estimate of drug-likeness (QED) is 0.297. The van der Waals surface area contributed by atoms with Gasteiger partial charge in [0.25, 0.3) is 0 Å². The molecule has 0 radical (unpaired) electrons. The molecule has 1 aliphatic heterocycles. The van der Waals surface area contributed by atoms with Gasteiger partial charge >= 0.3 is 0 Å². The molecule has 1 fully saturated rings. The van der Waals surface area contributed by atoms with Gasteiger partial charge in [0.15, 0.2) is 11.5 Å². The topological polar surface area (TPSA) is 117 Å². The molecule has 11 nitrogen and oxygen atoms in total. The van der Waals surface area contributed by atoms with E-state index < -0.39 is 11.9 Å². The SMILES string of the molecule is COc1ccc(C(C(=O)NCC2CCCO2)N(C(=O)Cn2nnc3ccccc32)c2ccccc2OC)cc1OC. The van der Waals surface area contributed by atoms with E-state index in [1.165, 1.54) is 30.9 Å². The second-order valence-corrected chi connectivity index (χ2v) is 9.57. The highest BCUT2D eigenvalue weighted by Gasteiger charge is 2.36. The molecule has 1 N–H and O–H groups in total. The van der Waals surface area contributed by atoms with E-state index in [-0.39, 0.29) is 18.6 Å². The largest absolute Gasteiger partial charge is 0.495 e. The Bertz CT molecular complexity index is 1520. The van der Waals surface area contributed by atoms with Gasteiger partial charge in [-0.15, -0.1) is 5.10 Å². The first-order chi connectivity index (χ1) is 20.0. The summed E-state index contributed by atoms with van der Waals surface area (Å²) < 4.78 is 23.9. The van der Waals surface area contributed by atoms with Crippen LogP contribution in [0.2, 0.25) is 0 Å². The van der Waals surface area contributed by atoms with Gasteiger partial charge in [-0.05, 0) is 54.8 Å². The van der Waals surface area contributed by atoms with Gasteiger partial charge in [-0.1, -0.05) is 35.5 Å². The van der Waals surface area contributed by atoms with E-state index in [0.717, 1.165) is 12.8 Å². The molecule has 2 amide bonds. The average Bonchev–Trinajstić information content (AvgIpc) is 3.68. The molecule has 0 bridgehead atoms. The molecule has 41 heavy (non-hydrogen) atoms. The summed E-state index contributed by atoms with van der Waals surface area (Å²) >= 11 is 0. The lowest BCUT2D eigenvalue weighted by Crippen LogP contribution is -2.46. The number of hydrogen-bond acceptors (Lipinski definition) is 8. The molecule has 1 saturated heterocycles. The van der Waals surface area contributed by atoms with Gasteiger partial charge in [0.05, 0.1) is 38.6 Å². The molecular formula is C30H33N5O6. The zero-order valence-electron chi connectivity index (χ0n) is 23.3. The summed E-state index contributed by atoms with van der Waals surface area (Å²) in [5.41, 5.74) is 2.31. The van der Waals surface area contributed by atoms with Crippen molar-refractivity contribution in [2.45, 2.75) is 31.5 Å². The first-order valence-electron chi connectivity index (χ1n) is 13.4. The van der Waals surface area contributed by atoms with Crippen molar-refractivity contribution in [2.24, 2.45) is 0 Å².